The Kier molecular flexibility index (Phi) is 3.41. The van der Waals surface area contributed by atoms with Crippen molar-refractivity contribution in [1.29, 1.82) is 0 Å². The topological polar surface area (TPSA) is 69.2 Å². The van der Waals surface area contributed by atoms with Gasteiger partial charge in [0.15, 0.2) is 0 Å². The summed E-state index contributed by atoms with van der Waals surface area (Å²) < 4.78 is 0. The monoisotopic (exact) mass is 271 g/mol. The number of aromatic hydroxyl groups is 1. The number of hydrogen-bond donors (Lipinski definition) is 2. The summed E-state index contributed by atoms with van der Waals surface area (Å²) in [4.78, 5) is 21.6. The number of rotatable bonds is 2. The molecule has 0 radical (unpaired) electrons. The Morgan fingerprint density at radius 2 is 2.15 bits per heavy atom. The zero-order valence-electron chi connectivity index (χ0n) is 11.1. The largest absolute Gasteiger partial charge is 0.508 e. The van der Waals surface area contributed by atoms with Gasteiger partial charge in [0.05, 0.1) is 0 Å². The predicted octanol–water partition coefficient (Wildman–Crippen LogP) is 2.14. The summed E-state index contributed by atoms with van der Waals surface area (Å²) in [5, 5.41) is 9.44. The highest BCUT2D eigenvalue weighted by Gasteiger charge is 2.25. The van der Waals surface area contributed by atoms with Gasteiger partial charge in [-0.05, 0) is 31.0 Å². The van der Waals surface area contributed by atoms with E-state index in [1.807, 2.05) is 11.1 Å². The maximum absolute atomic E-state index is 12.3. The van der Waals surface area contributed by atoms with Gasteiger partial charge in [0.2, 0.25) is 0 Å². The van der Waals surface area contributed by atoms with E-state index in [0.29, 0.717) is 11.5 Å². The number of H-pyrrole nitrogens is 1. The Labute approximate surface area is 117 Å². The highest BCUT2D eigenvalue weighted by molar-refractivity contribution is 5.94. The maximum Gasteiger partial charge on any atom is 0.253 e. The van der Waals surface area contributed by atoms with Crippen molar-refractivity contribution >= 4 is 5.91 Å². The fourth-order valence-corrected chi connectivity index (χ4v) is 2.68. The molecule has 2 aromatic rings. The molecular weight excluding hydrogens is 254 g/mol. The number of imidazole rings is 1. The van der Waals surface area contributed by atoms with Gasteiger partial charge in [-0.2, -0.15) is 0 Å². The lowest BCUT2D eigenvalue weighted by atomic mass is 9.95. The first kappa shape index (κ1) is 12.7. The number of hydrogen-bond acceptors (Lipinski definition) is 3. The molecule has 0 spiro atoms. The van der Waals surface area contributed by atoms with Crippen LogP contribution in [0.3, 0.4) is 0 Å². The first-order valence-electron chi connectivity index (χ1n) is 6.81. The van der Waals surface area contributed by atoms with E-state index in [-0.39, 0.29) is 11.7 Å². The first-order chi connectivity index (χ1) is 9.74. The average molecular weight is 271 g/mol. The number of carbonyl (C=O) groups excluding carboxylic acids is 1. The minimum Gasteiger partial charge on any atom is -0.508 e. The zero-order valence-corrected chi connectivity index (χ0v) is 11.1. The van der Waals surface area contributed by atoms with Crippen molar-refractivity contribution in [2.45, 2.75) is 18.8 Å². The third-order valence-corrected chi connectivity index (χ3v) is 3.78. The second kappa shape index (κ2) is 5.36. The van der Waals surface area contributed by atoms with Crippen LogP contribution in [0.15, 0.2) is 36.7 Å². The number of aromatic amines is 1. The van der Waals surface area contributed by atoms with Crippen molar-refractivity contribution in [3.8, 4) is 5.75 Å². The van der Waals surface area contributed by atoms with Gasteiger partial charge < -0.3 is 15.0 Å². The van der Waals surface area contributed by atoms with Crippen LogP contribution in [-0.4, -0.2) is 39.0 Å². The van der Waals surface area contributed by atoms with E-state index in [1.54, 1.807) is 24.4 Å². The van der Waals surface area contributed by atoms with Gasteiger partial charge in [-0.25, -0.2) is 4.98 Å². The Bertz CT molecular complexity index is 587. The molecule has 0 saturated carbocycles. The first-order valence-corrected chi connectivity index (χ1v) is 6.81. The third kappa shape index (κ3) is 2.52. The quantitative estimate of drug-likeness (QED) is 0.879. The number of aromatic nitrogens is 2. The van der Waals surface area contributed by atoms with Gasteiger partial charge >= 0.3 is 0 Å². The molecule has 1 amide bonds. The fourth-order valence-electron chi connectivity index (χ4n) is 2.68. The molecule has 2 heterocycles. The number of amides is 1. The van der Waals surface area contributed by atoms with E-state index in [9.17, 15) is 9.90 Å². The molecule has 3 rings (SSSR count). The Morgan fingerprint density at radius 3 is 2.80 bits per heavy atom. The number of phenolic OH excluding ortho intramolecular Hbond substituents is 1. The van der Waals surface area contributed by atoms with Crippen LogP contribution in [0.2, 0.25) is 0 Å². The lowest BCUT2D eigenvalue weighted by Crippen LogP contribution is -2.38. The molecule has 1 aromatic carbocycles. The summed E-state index contributed by atoms with van der Waals surface area (Å²) in [5.41, 5.74) is 0.543. The number of nitrogens with one attached hydrogen (secondary N) is 1. The van der Waals surface area contributed by atoms with Gasteiger partial charge in [0.1, 0.15) is 11.6 Å². The minimum absolute atomic E-state index is 0.0150. The molecule has 0 unspecified atom stereocenters. The van der Waals surface area contributed by atoms with E-state index in [1.165, 1.54) is 6.07 Å². The molecule has 1 aliphatic heterocycles. The number of phenols is 1. The summed E-state index contributed by atoms with van der Waals surface area (Å²) >= 11 is 0. The molecular formula is C15H17N3O2. The summed E-state index contributed by atoms with van der Waals surface area (Å²) in [6, 6.07) is 6.51. The summed E-state index contributed by atoms with van der Waals surface area (Å²) in [6.07, 6.45) is 5.43. The summed E-state index contributed by atoms with van der Waals surface area (Å²) in [7, 11) is 0. The van der Waals surface area contributed by atoms with Crippen LogP contribution in [0.4, 0.5) is 0 Å². The van der Waals surface area contributed by atoms with Crippen molar-refractivity contribution in [3.05, 3.63) is 48.0 Å². The maximum atomic E-state index is 12.3. The number of likely N-dealkylation sites (tertiary alicyclic amines) is 1. The van der Waals surface area contributed by atoms with E-state index >= 15 is 0 Å². The van der Waals surface area contributed by atoms with E-state index in [4.69, 9.17) is 0 Å². The van der Waals surface area contributed by atoms with Crippen molar-refractivity contribution < 1.29 is 9.90 Å². The third-order valence-electron chi connectivity index (χ3n) is 3.78. The van der Waals surface area contributed by atoms with Crippen LogP contribution in [0, 0.1) is 0 Å². The normalized spacial score (nSPS) is 16.3. The molecule has 1 aliphatic rings. The Hall–Kier alpha value is -2.30. The van der Waals surface area contributed by atoms with Crippen LogP contribution in [0.1, 0.15) is 34.9 Å². The van der Waals surface area contributed by atoms with Crippen LogP contribution >= 0.6 is 0 Å². The molecule has 20 heavy (non-hydrogen) atoms. The highest BCUT2D eigenvalue weighted by Crippen LogP contribution is 2.26. The predicted molar refractivity (Wildman–Crippen MR) is 74.6 cm³/mol. The van der Waals surface area contributed by atoms with Crippen LogP contribution < -0.4 is 0 Å². The lowest BCUT2D eigenvalue weighted by molar-refractivity contribution is 0.0711. The summed E-state index contributed by atoms with van der Waals surface area (Å²) in [5.74, 6) is 1.52. The second-order valence-corrected chi connectivity index (χ2v) is 5.09. The number of nitrogens with zero attached hydrogens (tertiary/aromatic N) is 2. The molecule has 2 N–H and O–H groups in total. The Morgan fingerprint density at radius 1 is 1.35 bits per heavy atom. The second-order valence-electron chi connectivity index (χ2n) is 5.09. The molecule has 5 heteroatoms. The SMILES string of the molecule is O=C(c1cccc(O)c1)N1CCC(c2ncc[nH]2)CC1. The average Bonchev–Trinajstić information content (AvgIpc) is 3.01. The van der Waals surface area contributed by atoms with Gasteiger partial charge in [0.25, 0.3) is 5.91 Å². The van der Waals surface area contributed by atoms with Gasteiger partial charge in [0, 0.05) is 37.0 Å². The van der Waals surface area contributed by atoms with Crippen molar-refractivity contribution in [3.63, 3.8) is 0 Å². The molecule has 0 aliphatic carbocycles. The number of benzene rings is 1. The number of piperidine rings is 1. The minimum atomic E-state index is -0.0150. The van der Waals surface area contributed by atoms with Crippen molar-refractivity contribution in [1.82, 2.24) is 14.9 Å². The van der Waals surface area contributed by atoms with Crippen molar-refractivity contribution in [2.24, 2.45) is 0 Å². The van der Waals surface area contributed by atoms with E-state index in [2.05, 4.69) is 9.97 Å². The van der Waals surface area contributed by atoms with E-state index < -0.39 is 0 Å². The molecule has 0 atom stereocenters. The molecule has 5 nitrogen and oxygen atoms in total. The van der Waals surface area contributed by atoms with Gasteiger partial charge in [-0.1, -0.05) is 6.07 Å². The van der Waals surface area contributed by atoms with Crippen LogP contribution in [-0.2, 0) is 0 Å². The standard InChI is InChI=1S/C15H17N3O2/c19-13-3-1-2-12(10-13)15(20)18-8-4-11(5-9-18)14-16-6-7-17-14/h1-3,6-7,10-11,19H,4-5,8-9H2,(H,16,17). The van der Waals surface area contributed by atoms with Crippen molar-refractivity contribution in [2.75, 3.05) is 13.1 Å². The van der Waals surface area contributed by atoms with E-state index in [0.717, 1.165) is 31.8 Å². The lowest BCUT2D eigenvalue weighted by Gasteiger charge is -2.31. The smallest absolute Gasteiger partial charge is 0.253 e. The van der Waals surface area contributed by atoms with Crippen LogP contribution in [0.25, 0.3) is 0 Å². The molecule has 0 bridgehead atoms. The highest BCUT2D eigenvalue weighted by atomic mass is 16.3. The zero-order chi connectivity index (χ0) is 13.9. The molecule has 1 fully saturated rings. The van der Waals surface area contributed by atoms with Gasteiger partial charge in [-0.15, -0.1) is 0 Å². The van der Waals surface area contributed by atoms with Gasteiger partial charge in [-0.3, -0.25) is 4.79 Å². The molecule has 1 aromatic heterocycles. The number of carbonyl (C=O) groups is 1. The molecule has 1 saturated heterocycles. The fraction of sp³-hybridized carbons (Fsp3) is 0.333. The molecule has 104 valence electrons. The summed E-state index contributed by atoms with van der Waals surface area (Å²) in [6.45, 7) is 1.44. The Balaban J connectivity index is 1.65. The van der Waals surface area contributed by atoms with Crippen LogP contribution in [0.5, 0.6) is 5.75 Å².